The predicted octanol–water partition coefficient (Wildman–Crippen LogP) is 5.70. The summed E-state index contributed by atoms with van der Waals surface area (Å²) in [6.45, 7) is 4.48. The van der Waals surface area contributed by atoms with E-state index in [4.69, 9.17) is 4.74 Å². The predicted molar refractivity (Wildman–Crippen MR) is 169 cm³/mol. The Morgan fingerprint density at radius 2 is 1.64 bits per heavy atom. The lowest BCUT2D eigenvalue weighted by Crippen LogP contribution is -2.58. The summed E-state index contributed by atoms with van der Waals surface area (Å²) in [6, 6.07) is 24.2. The highest BCUT2D eigenvalue weighted by Crippen LogP contribution is 2.40. The first-order valence-corrected chi connectivity index (χ1v) is 14.8. The first-order valence-electron chi connectivity index (χ1n) is 14.0. The molecule has 0 bridgehead atoms. The quantitative estimate of drug-likeness (QED) is 0.232. The van der Waals surface area contributed by atoms with Gasteiger partial charge in [-0.15, -0.1) is 0 Å². The number of para-hydroxylation sites is 3. The van der Waals surface area contributed by atoms with Gasteiger partial charge in [-0.05, 0) is 66.2 Å². The molecule has 5 rings (SSSR count). The number of methoxy groups -OCH3 is 1. The van der Waals surface area contributed by atoms with E-state index in [0.29, 0.717) is 35.8 Å². The number of benzene rings is 4. The molecule has 0 saturated heterocycles. The van der Waals surface area contributed by atoms with Crippen LogP contribution in [0.15, 0.2) is 89.4 Å². The molecule has 1 aliphatic rings. The van der Waals surface area contributed by atoms with Crippen molar-refractivity contribution in [2.45, 2.75) is 38.9 Å². The zero-order valence-electron chi connectivity index (χ0n) is 23.8. The van der Waals surface area contributed by atoms with Gasteiger partial charge < -0.3 is 20.3 Å². The largest absolute Gasteiger partial charge is 0.496 e. The van der Waals surface area contributed by atoms with Crippen LogP contribution in [0.5, 0.6) is 5.75 Å². The van der Waals surface area contributed by atoms with Crippen LogP contribution in [0.3, 0.4) is 0 Å². The molecular weight excluding hydrogens is 596 g/mol. The Balaban J connectivity index is 1.68. The highest BCUT2D eigenvalue weighted by molar-refractivity contribution is 9.10. The van der Waals surface area contributed by atoms with Gasteiger partial charge in [0.1, 0.15) is 5.75 Å². The molecule has 1 heterocycles. The van der Waals surface area contributed by atoms with Crippen LogP contribution in [-0.4, -0.2) is 43.5 Å². The molecule has 3 amide bonds. The van der Waals surface area contributed by atoms with Crippen molar-refractivity contribution >= 4 is 61.5 Å². The van der Waals surface area contributed by atoms with Gasteiger partial charge in [0.05, 0.1) is 31.1 Å². The maximum Gasteiger partial charge on any atom is 0.264 e. The normalized spacial score (nSPS) is 15.8. The van der Waals surface area contributed by atoms with Crippen molar-refractivity contribution in [3.63, 3.8) is 0 Å². The molecule has 8 nitrogen and oxygen atoms in total. The van der Waals surface area contributed by atoms with E-state index in [1.165, 1.54) is 4.90 Å². The number of fused-ring (bicyclic) bond motifs is 2. The second kappa shape index (κ2) is 12.8. The van der Waals surface area contributed by atoms with Gasteiger partial charge in [0.25, 0.3) is 11.8 Å². The summed E-state index contributed by atoms with van der Waals surface area (Å²) in [4.78, 5) is 45.3. The number of hydrogen-bond donors (Lipinski definition) is 2. The molecule has 0 aromatic heterocycles. The number of carbonyl (C=O) groups is 3. The Hall–Kier alpha value is -4.21. The second-order valence-corrected chi connectivity index (χ2v) is 10.9. The van der Waals surface area contributed by atoms with Crippen LogP contribution in [0.2, 0.25) is 0 Å². The van der Waals surface area contributed by atoms with Crippen LogP contribution in [0, 0.1) is 0 Å². The van der Waals surface area contributed by atoms with Gasteiger partial charge in [-0.1, -0.05) is 72.2 Å². The Morgan fingerprint density at radius 1 is 0.929 bits per heavy atom. The van der Waals surface area contributed by atoms with Crippen LogP contribution in [0.25, 0.3) is 10.8 Å². The van der Waals surface area contributed by atoms with E-state index in [-0.39, 0.29) is 6.54 Å². The molecule has 0 aliphatic carbocycles. The van der Waals surface area contributed by atoms with Gasteiger partial charge in [-0.2, -0.15) is 0 Å². The maximum absolute atomic E-state index is 14.5. The first-order chi connectivity index (χ1) is 20.4. The van der Waals surface area contributed by atoms with E-state index in [9.17, 15) is 14.4 Å². The molecule has 1 aliphatic heterocycles. The number of anilines is 3. The number of hydrogen-bond acceptors (Lipinski definition) is 5. The molecule has 9 heteroatoms. The number of amides is 3. The third-order valence-corrected chi connectivity index (χ3v) is 7.95. The number of rotatable bonds is 9. The summed E-state index contributed by atoms with van der Waals surface area (Å²) < 4.78 is 6.68. The van der Waals surface area contributed by atoms with Crippen molar-refractivity contribution in [3.05, 3.63) is 95.0 Å². The van der Waals surface area contributed by atoms with E-state index in [0.717, 1.165) is 20.8 Å². The van der Waals surface area contributed by atoms with Gasteiger partial charge in [0.15, 0.2) is 6.04 Å². The van der Waals surface area contributed by atoms with Gasteiger partial charge in [-0.3, -0.25) is 19.3 Å². The molecule has 0 spiro atoms. The Morgan fingerprint density at radius 3 is 2.33 bits per heavy atom. The number of nitrogens with zero attached hydrogens (tertiary/aromatic N) is 2. The van der Waals surface area contributed by atoms with Gasteiger partial charge >= 0.3 is 0 Å². The topological polar surface area (TPSA) is 91.0 Å². The summed E-state index contributed by atoms with van der Waals surface area (Å²) in [5.74, 6) is -0.849. The molecular formula is C33H33BrN4O4. The summed E-state index contributed by atoms with van der Waals surface area (Å²) >= 11 is 3.54. The minimum absolute atomic E-state index is 0.116. The number of halogens is 1. The van der Waals surface area contributed by atoms with Crippen LogP contribution in [0.1, 0.15) is 25.8 Å². The zero-order valence-corrected chi connectivity index (χ0v) is 25.4. The monoisotopic (exact) mass is 628 g/mol. The first kappa shape index (κ1) is 29.3. The molecule has 42 heavy (non-hydrogen) atoms. The van der Waals surface area contributed by atoms with Crippen molar-refractivity contribution in [2.24, 2.45) is 0 Å². The Bertz CT molecular complexity index is 1630. The highest BCUT2D eigenvalue weighted by Gasteiger charge is 2.42. The number of carbonyl (C=O) groups excluding carboxylic acids is 3. The van der Waals surface area contributed by atoms with E-state index < -0.39 is 29.8 Å². The second-order valence-electron chi connectivity index (χ2n) is 9.99. The average Bonchev–Trinajstić information content (AvgIpc) is 3.09. The van der Waals surface area contributed by atoms with Crippen molar-refractivity contribution in [2.75, 3.05) is 23.5 Å². The Labute approximate surface area is 253 Å². The van der Waals surface area contributed by atoms with Crippen molar-refractivity contribution in [1.29, 1.82) is 0 Å². The summed E-state index contributed by atoms with van der Waals surface area (Å²) in [6.07, 6.45) is 0.504. The zero-order chi connectivity index (χ0) is 29.8. The summed E-state index contributed by atoms with van der Waals surface area (Å²) in [5, 5.41) is 7.82. The van der Waals surface area contributed by atoms with Crippen molar-refractivity contribution in [1.82, 2.24) is 10.6 Å². The lowest BCUT2D eigenvalue weighted by atomic mass is 10.0. The molecule has 4 aromatic rings. The van der Waals surface area contributed by atoms with E-state index >= 15 is 0 Å². The van der Waals surface area contributed by atoms with E-state index in [1.54, 1.807) is 12.0 Å². The van der Waals surface area contributed by atoms with Crippen molar-refractivity contribution in [3.8, 4) is 5.75 Å². The SMILES string of the molecule is CCNC(CC)C(=O)NC1C(=O)N(Cc2c(OC)ccc3cc(Br)ccc23)c2ccccc2N(c2ccccc2)C1=O. The standard InChI is InChI=1S/C33H33BrN4O4/c1-4-26(35-5-2)31(39)36-30-32(40)37(20-25-24-17-16-22(34)19-21(24)15-18-29(25)42-3)27-13-9-10-14-28(27)38(33(30)41)23-11-7-6-8-12-23/h6-19,26,30,35H,4-5,20H2,1-3H3,(H,36,39). The van der Waals surface area contributed by atoms with Crippen LogP contribution >= 0.6 is 15.9 Å². The van der Waals surface area contributed by atoms with E-state index in [1.807, 2.05) is 98.8 Å². The summed E-state index contributed by atoms with van der Waals surface area (Å²) in [5.41, 5.74) is 2.47. The fraction of sp³-hybridized carbons (Fsp3) is 0.242. The number of nitrogens with one attached hydrogen (secondary N) is 2. The van der Waals surface area contributed by atoms with Gasteiger partial charge in [-0.25, -0.2) is 0 Å². The fourth-order valence-electron chi connectivity index (χ4n) is 5.41. The van der Waals surface area contributed by atoms with Crippen molar-refractivity contribution < 1.29 is 19.1 Å². The molecule has 0 saturated carbocycles. The third-order valence-electron chi connectivity index (χ3n) is 7.46. The minimum atomic E-state index is -1.45. The lowest BCUT2D eigenvalue weighted by Gasteiger charge is -2.27. The third kappa shape index (κ3) is 5.62. The molecule has 4 aromatic carbocycles. The lowest BCUT2D eigenvalue weighted by molar-refractivity contribution is -0.134. The molecule has 216 valence electrons. The molecule has 2 atom stereocenters. The minimum Gasteiger partial charge on any atom is -0.496 e. The van der Waals surface area contributed by atoms with E-state index in [2.05, 4.69) is 26.6 Å². The summed E-state index contributed by atoms with van der Waals surface area (Å²) in [7, 11) is 1.59. The Kier molecular flexibility index (Phi) is 8.89. The van der Waals surface area contributed by atoms with Crippen LogP contribution in [-0.2, 0) is 20.9 Å². The maximum atomic E-state index is 14.5. The van der Waals surface area contributed by atoms with Gasteiger partial charge in [0.2, 0.25) is 5.91 Å². The van der Waals surface area contributed by atoms with Crippen LogP contribution in [0.4, 0.5) is 17.1 Å². The fourth-order valence-corrected chi connectivity index (χ4v) is 5.79. The molecule has 0 fully saturated rings. The highest BCUT2D eigenvalue weighted by atomic mass is 79.9. The molecule has 2 unspecified atom stereocenters. The molecule has 0 radical (unpaired) electrons. The smallest absolute Gasteiger partial charge is 0.264 e. The number of ether oxygens (including phenoxy) is 1. The van der Waals surface area contributed by atoms with Crippen LogP contribution < -0.4 is 25.2 Å². The number of likely N-dealkylation sites (N-methyl/N-ethyl adjacent to an activating group) is 1. The van der Waals surface area contributed by atoms with Gasteiger partial charge in [0, 0.05) is 15.7 Å². The average molecular weight is 630 g/mol. The molecule has 2 N–H and O–H groups in total.